The van der Waals surface area contributed by atoms with Crippen molar-refractivity contribution in [2.75, 3.05) is 0 Å². The van der Waals surface area contributed by atoms with Crippen LogP contribution in [0.4, 0.5) is 5.69 Å². The van der Waals surface area contributed by atoms with E-state index in [2.05, 4.69) is 5.18 Å². The summed E-state index contributed by atoms with van der Waals surface area (Å²) in [6, 6.07) is 14.0. The fourth-order valence-corrected chi connectivity index (χ4v) is 1.57. The minimum absolute atomic E-state index is 0.148. The lowest BCUT2D eigenvalue weighted by Crippen LogP contribution is -2.05. The van der Waals surface area contributed by atoms with Crippen LogP contribution in [0, 0.1) is 4.91 Å². The molecule has 0 fully saturated rings. The Labute approximate surface area is 112 Å². The van der Waals surface area contributed by atoms with E-state index in [0.717, 1.165) is 5.75 Å². The highest BCUT2D eigenvalue weighted by atomic mass is 16.5. The average molecular weight is 257 g/mol. The van der Waals surface area contributed by atoms with Gasteiger partial charge in [0.15, 0.2) is 0 Å². The summed E-state index contributed by atoms with van der Waals surface area (Å²) in [5, 5.41) is 2.84. The number of hydrogen-bond acceptors (Lipinski definition) is 4. The van der Waals surface area contributed by atoms with Crippen LogP contribution in [0.1, 0.15) is 13.8 Å². The average Bonchev–Trinajstić information content (AvgIpc) is 2.41. The first-order chi connectivity index (χ1) is 9.17. The number of rotatable bonds is 5. The van der Waals surface area contributed by atoms with Crippen molar-refractivity contribution in [3.8, 4) is 17.2 Å². The zero-order chi connectivity index (χ0) is 13.7. The molecule has 0 bridgehead atoms. The van der Waals surface area contributed by atoms with Crippen molar-refractivity contribution in [3.63, 3.8) is 0 Å². The molecule has 0 radical (unpaired) electrons. The van der Waals surface area contributed by atoms with Crippen LogP contribution in [0.25, 0.3) is 0 Å². The Morgan fingerprint density at radius 3 is 1.79 bits per heavy atom. The fraction of sp³-hybridized carbons (Fsp3) is 0.200. The molecule has 0 saturated carbocycles. The summed E-state index contributed by atoms with van der Waals surface area (Å²) in [7, 11) is 0. The highest BCUT2D eigenvalue weighted by Crippen LogP contribution is 2.25. The van der Waals surface area contributed by atoms with Gasteiger partial charge < -0.3 is 9.47 Å². The normalized spacial score (nSPS) is 10.3. The van der Waals surface area contributed by atoms with Gasteiger partial charge in [-0.25, -0.2) is 0 Å². The van der Waals surface area contributed by atoms with Crippen LogP contribution in [0.2, 0.25) is 0 Å². The number of nitrogens with zero attached hydrogens (tertiary/aromatic N) is 1. The molecule has 0 heterocycles. The second kappa shape index (κ2) is 6.00. The molecule has 98 valence electrons. The predicted molar refractivity (Wildman–Crippen MR) is 74.2 cm³/mol. The lowest BCUT2D eigenvalue weighted by atomic mass is 10.3. The molecule has 0 saturated heterocycles. The maximum absolute atomic E-state index is 10.3. The van der Waals surface area contributed by atoms with Crippen LogP contribution in [-0.2, 0) is 0 Å². The predicted octanol–water partition coefficient (Wildman–Crippen LogP) is 4.66. The van der Waals surface area contributed by atoms with Crippen LogP contribution in [0.15, 0.2) is 53.7 Å². The van der Waals surface area contributed by atoms with Gasteiger partial charge in [0.1, 0.15) is 22.9 Å². The number of nitroso groups, excluding NO2 is 1. The van der Waals surface area contributed by atoms with E-state index in [9.17, 15) is 4.91 Å². The second-order valence-electron chi connectivity index (χ2n) is 4.33. The number of ether oxygens (including phenoxy) is 2. The molecule has 0 aliphatic heterocycles. The van der Waals surface area contributed by atoms with Gasteiger partial charge in [-0.05, 0) is 67.6 Å². The van der Waals surface area contributed by atoms with E-state index in [1.807, 2.05) is 38.1 Å². The summed E-state index contributed by atoms with van der Waals surface area (Å²) >= 11 is 0. The summed E-state index contributed by atoms with van der Waals surface area (Å²) in [5.41, 5.74) is 0.382. The van der Waals surface area contributed by atoms with Gasteiger partial charge in [-0.3, -0.25) is 0 Å². The lowest BCUT2D eigenvalue weighted by Gasteiger charge is -2.10. The molecule has 0 unspecified atom stereocenters. The van der Waals surface area contributed by atoms with Gasteiger partial charge in [0.25, 0.3) is 0 Å². The monoisotopic (exact) mass is 257 g/mol. The third kappa shape index (κ3) is 3.81. The first-order valence-corrected chi connectivity index (χ1v) is 6.05. The van der Waals surface area contributed by atoms with E-state index >= 15 is 0 Å². The minimum Gasteiger partial charge on any atom is -0.491 e. The molecule has 0 aliphatic carbocycles. The summed E-state index contributed by atoms with van der Waals surface area (Å²) in [6.45, 7) is 3.96. The van der Waals surface area contributed by atoms with E-state index in [-0.39, 0.29) is 6.10 Å². The molecule has 0 spiro atoms. The van der Waals surface area contributed by atoms with Crippen molar-refractivity contribution in [2.45, 2.75) is 20.0 Å². The third-order valence-electron chi connectivity index (χ3n) is 2.37. The molecular formula is C15H15NO3. The van der Waals surface area contributed by atoms with E-state index in [1.165, 1.54) is 0 Å². The first kappa shape index (κ1) is 13.1. The summed E-state index contributed by atoms with van der Waals surface area (Å²) in [4.78, 5) is 10.3. The van der Waals surface area contributed by atoms with Crippen LogP contribution < -0.4 is 9.47 Å². The van der Waals surface area contributed by atoms with Gasteiger partial charge in [0.2, 0.25) is 0 Å². The summed E-state index contributed by atoms with van der Waals surface area (Å²) < 4.78 is 11.2. The Kier molecular flexibility index (Phi) is 4.13. The second-order valence-corrected chi connectivity index (χ2v) is 4.33. The highest BCUT2D eigenvalue weighted by molar-refractivity contribution is 5.42. The van der Waals surface area contributed by atoms with Crippen LogP contribution in [0.5, 0.6) is 17.2 Å². The van der Waals surface area contributed by atoms with Crippen LogP contribution in [0.3, 0.4) is 0 Å². The number of benzene rings is 2. The minimum atomic E-state index is 0.148. The van der Waals surface area contributed by atoms with Crippen LogP contribution in [-0.4, -0.2) is 6.10 Å². The smallest absolute Gasteiger partial charge is 0.127 e. The van der Waals surface area contributed by atoms with Gasteiger partial charge in [0.05, 0.1) is 6.10 Å². The van der Waals surface area contributed by atoms with Crippen molar-refractivity contribution in [2.24, 2.45) is 5.18 Å². The zero-order valence-corrected chi connectivity index (χ0v) is 10.9. The Balaban J connectivity index is 2.04. The molecular weight excluding hydrogens is 242 g/mol. The topological polar surface area (TPSA) is 47.9 Å². The van der Waals surface area contributed by atoms with Crippen molar-refractivity contribution in [1.29, 1.82) is 0 Å². The zero-order valence-electron chi connectivity index (χ0n) is 10.9. The third-order valence-corrected chi connectivity index (χ3v) is 2.37. The van der Waals surface area contributed by atoms with E-state index in [4.69, 9.17) is 9.47 Å². The summed E-state index contributed by atoms with van der Waals surface area (Å²) in [6.07, 6.45) is 0.148. The maximum atomic E-state index is 10.3. The van der Waals surface area contributed by atoms with Gasteiger partial charge in [-0.15, -0.1) is 4.91 Å². The van der Waals surface area contributed by atoms with Crippen LogP contribution >= 0.6 is 0 Å². The molecule has 4 heteroatoms. The lowest BCUT2D eigenvalue weighted by molar-refractivity contribution is 0.242. The highest BCUT2D eigenvalue weighted by Gasteiger charge is 2.00. The Hall–Kier alpha value is -2.36. The first-order valence-electron chi connectivity index (χ1n) is 6.05. The molecule has 2 aromatic rings. The Bertz CT molecular complexity index is 532. The Morgan fingerprint density at radius 1 is 0.842 bits per heavy atom. The molecule has 0 amide bonds. The molecule has 2 rings (SSSR count). The molecule has 19 heavy (non-hydrogen) atoms. The van der Waals surface area contributed by atoms with E-state index < -0.39 is 0 Å². The fourth-order valence-electron chi connectivity index (χ4n) is 1.57. The SMILES string of the molecule is CC(C)Oc1ccc(Oc2ccc(N=O)cc2)cc1. The largest absolute Gasteiger partial charge is 0.491 e. The standard InChI is InChI=1S/C15H15NO3/c1-11(2)18-13-7-9-15(10-8-13)19-14-5-3-12(16-17)4-6-14/h3-11H,1-2H3. The Morgan fingerprint density at radius 2 is 1.32 bits per heavy atom. The van der Waals surface area contributed by atoms with Crippen molar-refractivity contribution in [1.82, 2.24) is 0 Å². The van der Waals surface area contributed by atoms with Gasteiger partial charge in [0, 0.05) is 0 Å². The molecule has 0 aromatic heterocycles. The molecule has 0 atom stereocenters. The van der Waals surface area contributed by atoms with E-state index in [1.54, 1.807) is 24.3 Å². The molecule has 0 N–H and O–H groups in total. The van der Waals surface area contributed by atoms with Crippen molar-refractivity contribution >= 4 is 5.69 Å². The van der Waals surface area contributed by atoms with E-state index in [0.29, 0.717) is 17.2 Å². The van der Waals surface area contributed by atoms with Gasteiger partial charge >= 0.3 is 0 Å². The quantitative estimate of drug-likeness (QED) is 0.731. The molecule has 0 aliphatic rings. The molecule has 2 aromatic carbocycles. The number of hydrogen-bond donors (Lipinski definition) is 0. The van der Waals surface area contributed by atoms with Crippen molar-refractivity contribution in [3.05, 3.63) is 53.4 Å². The molecule has 4 nitrogen and oxygen atoms in total. The maximum Gasteiger partial charge on any atom is 0.127 e. The van der Waals surface area contributed by atoms with Gasteiger partial charge in [-0.2, -0.15) is 0 Å². The van der Waals surface area contributed by atoms with Crippen molar-refractivity contribution < 1.29 is 9.47 Å². The summed E-state index contributed by atoms with van der Waals surface area (Å²) in [5.74, 6) is 2.18. The van der Waals surface area contributed by atoms with Gasteiger partial charge in [-0.1, -0.05) is 0 Å².